The van der Waals surface area contributed by atoms with Gasteiger partial charge in [0, 0.05) is 29.1 Å². The lowest BCUT2D eigenvalue weighted by molar-refractivity contribution is 0.383. The summed E-state index contributed by atoms with van der Waals surface area (Å²) in [4.78, 5) is 6.93. The Bertz CT molecular complexity index is 631. The van der Waals surface area contributed by atoms with Crippen LogP contribution in [0.5, 0.6) is 0 Å². The third-order valence-electron chi connectivity index (χ3n) is 2.95. The second kappa shape index (κ2) is 6.30. The highest BCUT2D eigenvalue weighted by atomic mass is 32.1. The Labute approximate surface area is 125 Å². The van der Waals surface area contributed by atoms with Gasteiger partial charge in [-0.05, 0) is 22.9 Å². The van der Waals surface area contributed by atoms with Crippen molar-refractivity contribution in [3.05, 3.63) is 56.5 Å². The van der Waals surface area contributed by atoms with Crippen LogP contribution < -0.4 is 5.32 Å². The van der Waals surface area contributed by atoms with Crippen LogP contribution in [-0.4, -0.2) is 10.1 Å². The van der Waals surface area contributed by atoms with Crippen LogP contribution in [0.2, 0.25) is 0 Å². The average Bonchev–Trinajstić information content (AvgIpc) is 3.17. The summed E-state index contributed by atoms with van der Waals surface area (Å²) in [7, 11) is 0. The van der Waals surface area contributed by atoms with Crippen molar-refractivity contribution in [3.63, 3.8) is 0 Å². The fourth-order valence-electron chi connectivity index (χ4n) is 2.02. The van der Waals surface area contributed by atoms with Crippen molar-refractivity contribution in [3.8, 4) is 0 Å². The van der Waals surface area contributed by atoms with Crippen molar-refractivity contribution in [2.75, 3.05) is 0 Å². The summed E-state index contributed by atoms with van der Waals surface area (Å²) < 4.78 is 5.00. The number of nitrogens with zero attached hydrogens (tertiary/aromatic N) is 2. The van der Waals surface area contributed by atoms with Crippen LogP contribution in [0.1, 0.15) is 27.5 Å². The Hall–Kier alpha value is -1.50. The minimum absolute atomic E-state index is 0.285. The maximum Gasteiger partial charge on any atom is 0.223 e. The predicted octanol–water partition coefficient (Wildman–Crippen LogP) is 3.57. The van der Waals surface area contributed by atoms with Gasteiger partial charge in [0.05, 0.1) is 6.54 Å². The van der Waals surface area contributed by atoms with E-state index in [1.807, 2.05) is 0 Å². The number of aromatic nitrogens is 2. The van der Waals surface area contributed by atoms with Gasteiger partial charge in [0.2, 0.25) is 5.89 Å². The first-order chi connectivity index (χ1) is 9.81. The van der Waals surface area contributed by atoms with E-state index in [4.69, 9.17) is 4.52 Å². The fraction of sp³-hybridized carbons (Fsp3) is 0.286. The Morgan fingerprint density at radius 3 is 2.75 bits per heavy atom. The molecule has 0 aliphatic heterocycles. The van der Waals surface area contributed by atoms with E-state index in [9.17, 15) is 0 Å². The molecule has 1 unspecified atom stereocenters. The van der Waals surface area contributed by atoms with Crippen LogP contribution in [0.3, 0.4) is 0 Å². The van der Waals surface area contributed by atoms with Gasteiger partial charge < -0.3 is 9.84 Å². The van der Waals surface area contributed by atoms with E-state index in [2.05, 4.69) is 50.5 Å². The monoisotopic (exact) mass is 305 g/mol. The minimum atomic E-state index is 0.285. The van der Waals surface area contributed by atoms with Gasteiger partial charge in [0.15, 0.2) is 5.82 Å². The molecular weight excluding hydrogens is 290 g/mol. The SMILES string of the molecule is Cc1nc(CNC(Cc2cccs2)c2cccs2)no1. The Balaban J connectivity index is 1.69. The number of rotatable bonds is 6. The van der Waals surface area contributed by atoms with E-state index in [-0.39, 0.29) is 6.04 Å². The van der Waals surface area contributed by atoms with E-state index in [0.29, 0.717) is 18.3 Å². The molecule has 4 nitrogen and oxygen atoms in total. The van der Waals surface area contributed by atoms with Crippen LogP contribution in [0.25, 0.3) is 0 Å². The van der Waals surface area contributed by atoms with E-state index in [1.165, 1.54) is 9.75 Å². The molecule has 0 aliphatic rings. The second-order valence-corrected chi connectivity index (χ2v) is 6.47. The van der Waals surface area contributed by atoms with E-state index < -0.39 is 0 Å². The molecule has 0 spiro atoms. The van der Waals surface area contributed by atoms with Gasteiger partial charge in [-0.3, -0.25) is 0 Å². The number of aryl methyl sites for hydroxylation is 1. The molecule has 0 bridgehead atoms. The quantitative estimate of drug-likeness (QED) is 0.756. The molecule has 0 aromatic carbocycles. The van der Waals surface area contributed by atoms with Crippen molar-refractivity contribution < 1.29 is 4.52 Å². The van der Waals surface area contributed by atoms with Gasteiger partial charge in [0.25, 0.3) is 0 Å². The van der Waals surface area contributed by atoms with Crippen LogP contribution in [0, 0.1) is 6.92 Å². The standard InChI is InChI=1S/C14H15N3OS2/c1-10-16-14(17-18-10)9-15-12(13-5-3-7-20-13)8-11-4-2-6-19-11/h2-7,12,15H,8-9H2,1H3. The highest BCUT2D eigenvalue weighted by molar-refractivity contribution is 7.10. The summed E-state index contributed by atoms with van der Waals surface area (Å²) in [5, 5.41) is 11.7. The summed E-state index contributed by atoms with van der Waals surface area (Å²) in [6.07, 6.45) is 0.981. The first-order valence-corrected chi connectivity index (χ1v) is 8.15. The lowest BCUT2D eigenvalue weighted by Gasteiger charge is -2.15. The normalized spacial score (nSPS) is 12.7. The highest BCUT2D eigenvalue weighted by Gasteiger charge is 2.15. The van der Waals surface area contributed by atoms with Crippen molar-refractivity contribution in [2.24, 2.45) is 0 Å². The van der Waals surface area contributed by atoms with Crippen molar-refractivity contribution in [2.45, 2.75) is 25.9 Å². The van der Waals surface area contributed by atoms with E-state index in [0.717, 1.165) is 6.42 Å². The molecule has 6 heteroatoms. The maximum atomic E-state index is 5.00. The van der Waals surface area contributed by atoms with Gasteiger partial charge >= 0.3 is 0 Å². The Morgan fingerprint density at radius 1 is 1.25 bits per heavy atom. The number of thiophene rings is 2. The molecule has 20 heavy (non-hydrogen) atoms. The van der Waals surface area contributed by atoms with E-state index in [1.54, 1.807) is 29.6 Å². The summed E-state index contributed by atoms with van der Waals surface area (Å²) in [5.74, 6) is 1.31. The first kappa shape index (κ1) is 13.5. The third kappa shape index (κ3) is 3.33. The lowest BCUT2D eigenvalue weighted by atomic mass is 10.1. The van der Waals surface area contributed by atoms with Gasteiger partial charge in [-0.25, -0.2) is 0 Å². The summed E-state index contributed by atoms with van der Waals surface area (Å²) in [6.45, 7) is 2.42. The maximum absolute atomic E-state index is 5.00. The van der Waals surface area contributed by atoms with Gasteiger partial charge in [-0.15, -0.1) is 22.7 Å². The van der Waals surface area contributed by atoms with Crippen molar-refractivity contribution in [1.82, 2.24) is 15.5 Å². The Kier molecular flexibility index (Phi) is 4.25. The molecule has 3 heterocycles. The molecule has 104 valence electrons. The molecule has 0 radical (unpaired) electrons. The molecule has 0 fully saturated rings. The number of hydrogen-bond acceptors (Lipinski definition) is 6. The molecule has 3 rings (SSSR count). The molecule has 0 saturated carbocycles. The van der Waals surface area contributed by atoms with Crippen molar-refractivity contribution in [1.29, 1.82) is 0 Å². The number of nitrogens with one attached hydrogen (secondary N) is 1. The van der Waals surface area contributed by atoms with Crippen LogP contribution >= 0.6 is 22.7 Å². The molecular formula is C14H15N3OS2. The topological polar surface area (TPSA) is 51.0 Å². The molecule has 0 saturated heterocycles. The van der Waals surface area contributed by atoms with Crippen LogP contribution in [-0.2, 0) is 13.0 Å². The summed E-state index contributed by atoms with van der Waals surface area (Å²) in [6, 6.07) is 8.80. The lowest BCUT2D eigenvalue weighted by Crippen LogP contribution is -2.22. The smallest absolute Gasteiger partial charge is 0.223 e. The highest BCUT2D eigenvalue weighted by Crippen LogP contribution is 2.25. The zero-order chi connectivity index (χ0) is 13.8. The van der Waals surface area contributed by atoms with Crippen molar-refractivity contribution >= 4 is 22.7 Å². The minimum Gasteiger partial charge on any atom is -0.340 e. The van der Waals surface area contributed by atoms with E-state index >= 15 is 0 Å². The largest absolute Gasteiger partial charge is 0.340 e. The Morgan fingerprint density at radius 2 is 2.10 bits per heavy atom. The fourth-order valence-corrected chi connectivity index (χ4v) is 3.57. The van der Waals surface area contributed by atoms with Crippen LogP contribution in [0.4, 0.5) is 0 Å². The van der Waals surface area contributed by atoms with Crippen LogP contribution in [0.15, 0.2) is 39.5 Å². The molecule has 3 aromatic rings. The summed E-state index contributed by atoms with van der Waals surface area (Å²) >= 11 is 3.56. The molecule has 0 amide bonds. The first-order valence-electron chi connectivity index (χ1n) is 6.39. The number of hydrogen-bond donors (Lipinski definition) is 1. The molecule has 1 atom stereocenters. The third-order valence-corrected chi connectivity index (χ3v) is 4.83. The van der Waals surface area contributed by atoms with Gasteiger partial charge in [0.1, 0.15) is 0 Å². The molecule has 0 aliphatic carbocycles. The summed E-state index contributed by atoms with van der Waals surface area (Å²) in [5.41, 5.74) is 0. The average molecular weight is 305 g/mol. The van der Waals surface area contributed by atoms with Gasteiger partial charge in [-0.1, -0.05) is 17.3 Å². The molecule has 1 N–H and O–H groups in total. The zero-order valence-corrected chi connectivity index (χ0v) is 12.7. The van der Waals surface area contributed by atoms with Gasteiger partial charge in [-0.2, -0.15) is 4.98 Å². The second-order valence-electron chi connectivity index (χ2n) is 4.46. The molecule has 3 aromatic heterocycles. The zero-order valence-electron chi connectivity index (χ0n) is 11.1. The predicted molar refractivity (Wildman–Crippen MR) is 81.0 cm³/mol.